The molecule has 1 aromatic heterocycles. The van der Waals surface area contributed by atoms with Crippen LogP contribution in [0.25, 0.3) is 33.1 Å². The Balaban J connectivity index is 1.26. The molecular formula is C46H35NO. The molecule has 0 radical (unpaired) electrons. The number of fused-ring (bicyclic) bond motifs is 12. The van der Waals surface area contributed by atoms with Gasteiger partial charge >= 0.3 is 0 Å². The van der Waals surface area contributed by atoms with Gasteiger partial charge in [-0.3, -0.25) is 0 Å². The smallest absolute Gasteiger partial charge is 0.137 e. The van der Waals surface area contributed by atoms with Crippen molar-refractivity contribution in [2.24, 2.45) is 0 Å². The van der Waals surface area contributed by atoms with Gasteiger partial charge in [0.05, 0.1) is 5.41 Å². The van der Waals surface area contributed by atoms with Gasteiger partial charge in [-0.1, -0.05) is 123 Å². The van der Waals surface area contributed by atoms with Crippen LogP contribution in [-0.4, -0.2) is 0 Å². The van der Waals surface area contributed by atoms with Crippen molar-refractivity contribution in [2.45, 2.75) is 37.5 Å². The van der Waals surface area contributed by atoms with E-state index in [4.69, 9.17) is 4.42 Å². The standard InChI is InChI=1S/C46H35NO/c1-45(2)38-19-9-11-21-40(38)46(41-22-12-10-20-39(41)45)37-18-8-6-16-33(37)34-26-24-31(28-42(34)46)47(30-14-4-3-5-15-30)32-25-27-36-35-17-7-13-23-43(35)48-44(36)29-32/h3-4,6-14,16-29H,5,15H2,1-2H3. The molecule has 6 aromatic carbocycles. The highest BCUT2D eigenvalue weighted by molar-refractivity contribution is 6.06. The Kier molecular flexibility index (Phi) is 5.70. The molecule has 2 heteroatoms. The Morgan fingerprint density at radius 2 is 1.15 bits per heavy atom. The van der Waals surface area contributed by atoms with E-state index < -0.39 is 5.41 Å². The lowest BCUT2D eigenvalue weighted by molar-refractivity contribution is 0.563. The summed E-state index contributed by atoms with van der Waals surface area (Å²) >= 11 is 0. The molecular weight excluding hydrogens is 583 g/mol. The average Bonchev–Trinajstić information content (AvgIpc) is 3.65. The number of anilines is 2. The van der Waals surface area contributed by atoms with E-state index in [1.165, 1.54) is 50.2 Å². The van der Waals surface area contributed by atoms with E-state index in [0.29, 0.717) is 0 Å². The van der Waals surface area contributed by atoms with Gasteiger partial charge in [0.25, 0.3) is 0 Å². The maximum Gasteiger partial charge on any atom is 0.137 e. The molecule has 1 heterocycles. The molecule has 0 N–H and O–H groups in total. The summed E-state index contributed by atoms with van der Waals surface area (Å²) in [7, 11) is 0. The van der Waals surface area contributed by atoms with E-state index in [1.54, 1.807) is 0 Å². The van der Waals surface area contributed by atoms with Crippen LogP contribution in [0, 0.1) is 0 Å². The summed E-state index contributed by atoms with van der Waals surface area (Å²) in [5.74, 6) is 0. The van der Waals surface area contributed by atoms with Crippen molar-refractivity contribution in [3.05, 3.63) is 191 Å². The Morgan fingerprint density at radius 1 is 0.542 bits per heavy atom. The quantitative estimate of drug-likeness (QED) is 0.196. The molecule has 2 nitrogen and oxygen atoms in total. The first kappa shape index (κ1) is 27.5. The molecule has 10 rings (SSSR count). The van der Waals surface area contributed by atoms with Gasteiger partial charge in [-0.15, -0.1) is 0 Å². The van der Waals surface area contributed by atoms with E-state index >= 15 is 0 Å². The van der Waals surface area contributed by atoms with Gasteiger partial charge in [-0.25, -0.2) is 0 Å². The van der Waals surface area contributed by atoms with E-state index in [0.717, 1.165) is 46.2 Å². The van der Waals surface area contributed by atoms with Crippen LogP contribution in [0.2, 0.25) is 0 Å². The fourth-order valence-electron chi connectivity index (χ4n) is 9.10. The Morgan fingerprint density at radius 3 is 1.90 bits per heavy atom. The Bertz CT molecular complexity index is 2460. The van der Waals surface area contributed by atoms with Gasteiger partial charge in [-0.05, 0) is 93.8 Å². The van der Waals surface area contributed by atoms with Crippen LogP contribution in [0.1, 0.15) is 60.1 Å². The SMILES string of the molecule is CC1(C)c2ccccc2C2(c3ccccc3-c3ccc(N(C4=CC=CCC4)c4ccc5c(c4)oc4ccccc45)cc32)c2ccccc21. The lowest BCUT2D eigenvalue weighted by Crippen LogP contribution is -2.40. The van der Waals surface area contributed by atoms with Gasteiger partial charge in [0.15, 0.2) is 0 Å². The number of hydrogen-bond acceptors (Lipinski definition) is 2. The number of benzene rings is 6. The molecule has 0 aliphatic heterocycles. The molecule has 3 aliphatic rings. The van der Waals surface area contributed by atoms with Crippen LogP contribution in [0.5, 0.6) is 0 Å². The summed E-state index contributed by atoms with van der Waals surface area (Å²) in [5, 5.41) is 2.30. The van der Waals surface area contributed by atoms with Crippen molar-refractivity contribution in [1.82, 2.24) is 0 Å². The first-order valence-electron chi connectivity index (χ1n) is 17.1. The summed E-state index contributed by atoms with van der Waals surface area (Å²) in [5.41, 5.74) is 15.7. The highest BCUT2D eigenvalue weighted by Crippen LogP contribution is 2.62. The summed E-state index contributed by atoms with van der Waals surface area (Å²) in [4.78, 5) is 2.46. The van der Waals surface area contributed by atoms with E-state index in [9.17, 15) is 0 Å². The van der Waals surface area contributed by atoms with Gasteiger partial charge in [-0.2, -0.15) is 0 Å². The minimum Gasteiger partial charge on any atom is -0.456 e. The largest absolute Gasteiger partial charge is 0.456 e. The fraction of sp³-hybridized carbons (Fsp3) is 0.130. The minimum absolute atomic E-state index is 0.124. The highest BCUT2D eigenvalue weighted by atomic mass is 16.3. The number of rotatable bonds is 3. The summed E-state index contributed by atoms with van der Waals surface area (Å²) in [6.07, 6.45) is 8.72. The maximum absolute atomic E-state index is 6.41. The summed E-state index contributed by atoms with van der Waals surface area (Å²) in [6, 6.07) is 49.6. The van der Waals surface area contributed by atoms with Crippen LogP contribution in [-0.2, 0) is 10.8 Å². The van der Waals surface area contributed by atoms with Crippen LogP contribution in [0.3, 0.4) is 0 Å². The second kappa shape index (κ2) is 9.95. The van der Waals surface area contributed by atoms with Crippen molar-refractivity contribution in [2.75, 3.05) is 4.90 Å². The summed E-state index contributed by atoms with van der Waals surface area (Å²) in [6.45, 7) is 4.77. The van der Waals surface area contributed by atoms with Gasteiger partial charge in [0.2, 0.25) is 0 Å². The molecule has 0 saturated heterocycles. The molecule has 0 saturated carbocycles. The molecule has 7 aromatic rings. The zero-order chi connectivity index (χ0) is 32.0. The molecule has 0 fully saturated rings. The van der Waals surface area contributed by atoms with Crippen LogP contribution >= 0.6 is 0 Å². The predicted molar refractivity (Wildman–Crippen MR) is 198 cm³/mol. The molecule has 0 unspecified atom stereocenters. The average molecular weight is 618 g/mol. The lowest BCUT2D eigenvalue weighted by Gasteiger charge is -2.46. The van der Waals surface area contributed by atoms with Crippen molar-refractivity contribution in [3.63, 3.8) is 0 Å². The van der Waals surface area contributed by atoms with Gasteiger partial charge in [0.1, 0.15) is 11.2 Å². The molecule has 0 atom stereocenters. The number of furan rings is 1. The molecule has 0 amide bonds. The number of hydrogen-bond donors (Lipinski definition) is 0. The van der Waals surface area contributed by atoms with Gasteiger partial charge in [0, 0.05) is 39.3 Å². The van der Waals surface area contributed by atoms with Crippen molar-refractivity contribution >= 4 is 33.3 Å². The van der Waals surface area contributed by atoms with E-state index in [1.807, 2.05) is 6.07 Å². The summed E-state index contributed by atoms with van der Waals surface area (Å²) < 4.78 is 6.41. The third-order valence-electron chi connectivity index (χ3n) is 11.2. The van der Waals surface area contributed by atoms with E-state index in [-0.39, 0.29) is 5.41 Å². The highest BCUT2D eigenvalue weighted by Gasteiger charge is 2.53. The van der Waals surface area contributed by atoms with Crippen molar-refractivity contribution in [1.29, 1.82) is 0 Å². The zero-order valence-corrected chi connectivity index (χ0v) is 27.2. The first-order valence-corrected chi connectivity index (χ1v) is 17.1. The zero-order valence-electron chi connectivity index (χ0n) is 27.2. The molecule has 0 bridgehead atoms. The van der Waals surface area contributed by atoms with Gasteiger partial charge < -0.3 is 9.32 Å². The maximum atomic E-state index is 6.41. The monoisotopic (exact) mass is 617 g/mol. The molecule has 230 valence electrons. The van der Waals surface area contributed by atoms with Crippen LogP contribution in [0.4, 0.5) is 11.4 Å². The van der Waals surface area contributed by atoms with Crippen LogP contribution in [0.15, 0.2) is 162 Å². The van der Waals surface area contributed by atoms with E-state index in [2.05, 4.69) is 164 Å². The number of allylic oxidation sites excluding steroid dienone is 4. The predicted octanol–water partition coefficient (Wildman–Crippen LogP) is 12.0. The second-order valence-corrected chi connectivity index (χ2v) is 14.0. The number of para-hydroxylation sites is 1. The van der Waals surface area contributed by atoms with Crippen molar-refractivity contribution in [3.8, 4) is 11.1 Å². The lowest BCUT2D eigenvalue weighted by atomic mass is 9.55. The Labute approximate surface area is 281 Å². The third-order valence-corrected chi connectivity index (χ3v) is 11.2. The topological polar surface area (TPSA) is 16.4 Å². The minimum atomic E-state index is -0.431. The van der Waals surface area contributed by atoms with Crippen LogP contribution < -0.4 is 4.90 Å². The molecule has 48 heavy (non-hydrogen) atoms. The Hall–Kier alpha value is -5.60. The third kappa shape index (κ3) is 3.58. The second-order valence-electron chi connectivity index (χ2n) is 14.0. The fourth-order valence-corrected chi connectivity index (χ4v) is 9.10. The molecule has 3 aliphatic carbocycles. The number of nitrogens with zero attached hydrogens (tertiary/aromatic N) is 1. The van der Waals surface area contributed by atoms with Crippen molar-refractivity contribution < 1.29 is 4.42 Å². The molecule has 1 spiro atoms. The first-order chi connectivity index (χ1) is 23.6. The normalized spacial score (nSPS) is 16.3.